The van der Waals surface area contributed by atoms with E-state index in [-0.39, 0.29) is 27.3 Å². The van der Waals surface area contributed by atoms with Crippen LogP contribution in [0, 0.1) is 0 Å². The minimum absolute atomic E-state index is 0.00849. The van der Waals surface area contributed by atoms with Crippen molar-refractivity contribution in [3.05, 3.63) is 24.3 Å². The van der Waals surface area contributed by atoms with Crippen molar-refractivity contribution in [1.82, 2.24) is 0 Å². The molecule has 5 nitrogen and oxygen atoms in total. The highest BCUT2D eigenvalue weighted by Gasteiger charge is 2.07. The quantitative estimate of drug-likeness (QED) is 0.536. The first-order valence-corrected chi connectivity index (χ1v) is 7.05. The van der Waals surface area contributed by atoms with Gasteiger partial charge in [0, 0.05) is 24.2 Å². The third-order valence-electron chi connectivity index (χ3n) is 2.20. The van der Waals surface area contributed by atoms with E-state index in [1.807, 2.05) is 0 Å². The Bertz CT molecular complexity index is 276. The molecular weight excluding hydrogens is 236 g/mol. The van der Waals surface area contributed by atoms with E-state index in [2.05, 4.69) is 13.2 Å². The summed E-state index contributed by atoms with van der Waals surface area (Å²) in [5, 5.41) is 0. The molecule has 1 saturated heterocycles. The van der Waals surface area contributed by atoms with Crippen molar-refractivity contribution >= 4 is 21.6 Å². The van der Waals surface area contributed by atoms with Crippen LogP contribution in [0.15, 0.2) is 24.3 Å². The van der Waals surface area contributed by atoms with E-state index in [0.717, 1.165) is 6.61 Å². The van der Waals surface area contributed by atoms with Gasteiger partial charge in [0.2, 0.25) is 11.8 Å². The third-order valence-corrected chi connectivity index (χ3v) is 3.57. The third kappa shape index (κ3) is 8.41. The Kier molecular flexibility index (Phi) is 8.00. The number of carbonyl (C=O) groups is 2. The normalized spacial score (nSPS) is 15.5. The fourth-order valence-electron chi connectivity index (χ4n) is 1.12. The van der Waals surface area contributed by atoms with Crippen LogP contribution in [-0.4, -0.2) is 28.2 Å². The van der Waals surface area contributed by atoms with Crippen LogP contribution in [0.5, 0.6) is 0 Å². The maximum Gasteiger partial charge on any atom is 0.244 e. The minimum Gasteiger partial charge on any atom is -0.424 e. The monoisotopic (exact) mass is 256 g/mol. The Morgan fingerprint density at radius 2 is 1.65 bits per heavy atom. The molecule has 0 bridgehead atoms. The van der Waals surface area contributed by atoms with Gasteiger partial charge in [0.1, 0.15) is 0 Å². The van der Waals surface area contributed by atoms with Crippen LogP contribution in [0.25, 0.3) is 0 Å². The summed E-state index contributed by atoms with van der Waals surface area (Å²) in [5.41, 5.74) is 9.97. The summed E-state index contributed by atoms with van der Waals surface area (Å²) >= 11 is 0. The van der Waals surface area contributed by atoms with Crippen molar-refractivity contribution in [2.24, 2.45) is 11.5 Å². The number of hydrogen-bond donors (Lipinski definition) is 2. The molecule has 1 heterocycles. The molecular formula is C11H20N2O3Si. The molecule has 17 heavy (non-hydrogen) atoms. The van der Waals surface area contributed by atoms with Gasteiger partial charge in [-0.3, -0.25) is 9.59 Å². The zero-order valence-electron chi connectivity index (χ0n) is 10.0. The topological polar surface area (TPSA) is 95.4 Å². The number of rotatable bonds is 4. The molecule has 0 aromatic heterocycles. The summed E-state index contributed by atoms with van der Waals surface area (Å²) in [6, 6.07) is 1.42. The van der Waals surface area contributed by atoms with E-state index < -0.39 is 11.8 Å². The van der Waals surface area contributed by atoms with E-state index in [9.17, 15) is 9.59 Å². The van der Waals surface area contributed by atoms with Crippen molar-refractivity contribution < 1.29 is 14.0 Å². The molecule has 0 atom stereocenters. The summed E-state index contributed by atoms with van der Waals surface area (Å²) < 4.78 is 5.21. The molecule has 1 rings (SSSR count). The van der Waals surface area contributed by atoms with Gasteiger partial charge in [-0.25, -0.2) is 0 Å². The number of carbonyl (C=O) groups excluding carboxylic acids is 2. The average Bonchev–Trinajstić information content (AvgIpc) is 2.31. The molecule has 4 N–H and O–H groups in total. The van der Waals surface area contributed by atoms with Crippen LogP contribution in [0.3, 0.4) is 0 Å². The van der Waals surface area contributed by atoms with Crippen molar-refractivity contribution in [3.63, 3.8) is 0 Å². The van der Waals surface area contributed by atoms with Gasteiger partial charge in [-0.05, 0) is 12.5 Å². The maximum atomic E-state index is 10.4. The van der Waals surface area contributed by atoms with Crippen LogP contribution in [0.2, 0.25) is 6.04 Å². The van der Waals surface area contributed by atoms with E-state index in [0.29, 0.717) is 0 Å². The number of hydrogen-bond acceptors (Lipinski definition) is 3. The maximum absolute atomic E-state index is 10.4. The van der Waals surface area contributed by atoms with Gasteiger partial charge < -0.3 is 15.9 Å². The van der Waals surface area contributed by atoms with Gasteiger partial charge >= 0.3 is 0 Å². The van der Waals surface area contributed by atoms with Crippen molar-refractivity contribution in [2.45, 2.75) is 25.3 Å². The lowest BCUT2D eigenvalue weighted by molar-refractivity contribution is -0.114. The first kappa shape index (κ1) is 15.6. The number of amides is 2. The van der Waals surface area contributed by atoms with E-state index in [4.69, 9.17) is 15.9 Å². The van der Waals surface area contributed by atoms with Gasteiger partial charge in [-0.2, -0.15) is 0 Å². The van der Waals surface area contributed by atoms with Gasteiger partial charge in [-0.15, -0.1) is 0 Å². The molecule has 1 fully saturated rings. The predicted molar refractivity (Wildman–Crippen MR) is 69.8 cm³/mol. The SMILES string of the molecule is C1CC[SiH2]OC1.C=C(CC(=C)C(N)=O)C(N)=O. The first-order valence-electron chi connectivity index (χ1n) is 5.48. The minimum atomic E-state index is -0.646. The van der Waals surface area contributed by atoms with Crippen LogP contribution >= 0.6 is 0 Å². The first-order chi connectivity index (χ1) is 7.95. The second-order valence-electron chi connectivity index (χ2n) is 3.79. The van der Waals surface area contributed by atoms with Crippen LogP contribution in [0.1, 0.15) is 19.3 Å². The summed E-state index contributed by atoms with van der Waals surface area (Å²) in [6.45, 7) is 7.73. The molecule has 0 aromatic rings. The molecule has 0 aliphatic carbocycles. The zero-order valence-corrected chi connectivity index (χ0v) is 11.5. The lowest BCUT2D eigenvalue weighted by atomic mass is 10.1. The largest absolute Gasteiger partial charge is 0.424 e. The van der Waals surface area contributed by atoms with Crippen molar-refractivity contribution in [3.8, 4) is 0 Å². The van der Waals surface area contributed by atoms with Crippen molar-refractivity contribution in [1.29, 1.82) is 0 Å². The zero-order chi connectivity index (χ0) is 13.3. The average molecular weight is 256 g/mol. The number of nitrogens with two attached hydrogens (primary N) is 2. The standard InChI is InChI=1S/C7H10N2O2.C4H10OSi/c1-4(6(8)10)3-5(2)7(9)11;1-2-4-6-5-3-1/h1-3H2,(H2,8,10)(H2,9,11);1-4,6H2. The summed E-state index contributed by atoms with van der Waals surface area (Å²) in [5.74, 6) is -1.29. The highest BCUT2D eigenvalue weighted by atomic mass is 28.2. The Hall–Kier alpha value is -1.40. The summed E-state index contributed by atoms with van der Waals surface area (Å²) in [7, 11) is 0.00849. The molecule has 1 aliphatic heterocycles. The molecule has 0 saturated carbocycles. The van der Waals surface area contributed by atoms with Gasteiger partial charge in [0.25, 0.3) is 0 Å². The van der Waals surface area contributed by atoms with Gasteiger partial charge in [0.15, 0.2) is 9.76 Å². The molecule has 0 aromatic carbocycles. The van der Waals surface area contributed by atoms with E-state index >= 15 is 0 Å². The molecule has 2 amide bonds. The lowest BCUT2D eigenvalue weighted by Gasteiger charge is -2.07. The lowest BCUT2D eigenvalue weighted by Crippen LogP contribution is -2.18. The number of primary amides is 2. The Morgan fingerprint density at radius 3 is 1.82 bits per heavy atom. The highest BCUT2D eigenvalue weighted by molar-refractivity contribution is 6.27. The molecule has 1 aliphatic rings. The predicted octanol–water partition coefficient (Wildman–Crippen LogP) is -0.242. The highest BCUT2D eigenvalue weighted by Crippen LogP contribution is 2.05. The van der Waals surface area contributed by atoms with Crippen molar-refractivity contribution in [2.75, 3.05) is 6.61 Å². The van der Waals surface area contributed by atoms with Crippen LogP contribution in [0.4, 0.5) is 0 Å². The molecule has 6 heteroatoms. The second kappa shape index (κ2) is 8.71. The fraction of sp³-hybridized carbons (Fsp3) is 0.455. The summed E-state index contributed by atoms with van der Waals surface area (Å²) in [6.07, 6.45) is 2.80. The Morgan fingerprint density at radius 1 is 1.12 bits per heavy atom. The smallest absolute Gasteiger partial charge is 0.244 e. The van der Waals surface area contributed by atoms with Crippen LogP contribution in [-0.2, 0) is 14.0 Å². The second-order valence-corrected chi connectivity index (χ2v) is 5.31. The van der Waals surface area contributed by atoms with E-state index in [1.165, 1.54) is 18.9 Å². The van der Waals surface area contributed by atoms with E-state index in [1.54, 1.807) is 0 Å². The molecule has 0 unspecified atom stereocenters. The molecule has 0 radical (unpaired) electrons. The Balaban J connectivity index is 0.000000354. The van der Waals surface area contributed by atoms with Gasteiger partial charge in [-0.1, -0.05) is 19.6 Å². The molecule has 0 spiro atoms. The molecule has 96 valence electrons. The van der Waals surface area contributed by atoms with Crippen LogP contribution < -0.4 is 11.5 Å². The summed E-state index contributed by atoms with van der Waals surface area (Å²) in [4.78, 5) is 20.8. The Labute approximate surface area is 104 Å². The van der Waals surface area contributed by atoms with Gasteiger partial charge in [0.05, 0.1) is 0 Å². The fourth-order valence-corrected chi connectivity index (χ4v) is 2.29.